The molecule has 1 heterocycles. The van der Waals surface area contributed by atoms with Crippen molar-refractivity contribution in [3.8, 4) is 0 Å². The van der Waals surface area contributed by atoms with Gasteiger partial charge in [0.05, 0.1) is 6.61 Å². The first-order valence-electron chi connectivity index (χ1n) is 2.93. The van der Waals surface area contributed by atoms with Crippen LogP contribution in [0.1, 0.15) is 0 Å². The van der Waals surface area contributed by atoms with Crippen molar-refractivity contribution < 1.29 is 20.1 Å². The van der Waals surface area contributed by atoms with Gasteiger partial charge in [0.2, 0.25) is 0 Å². The van der Waals surface area contributed by atoms with Crippen LogP contribution >= 0.6 is 15.9 Å². The Bertz CT molecular complexity index is 120. The lowest BCUT2D eigenvalue weighted by Crippen LogP contribution is -2.32. The molecule has 0 aromatic heterocycles. The van der Waals surface area contributed by atoms with Crippen LogP contribution in [0.5, 0.6) is 0 Å². The third-order valence-electron chi connectivity index (χ3n) is 1.48. The molecule has 5 heteroatoms. The van der Waals surface area contributed by atoms with Gasteiger partial charge >= 0.3 is 0 Å². The van der Waals surface area contributed by atoms with Crippen LogP contribution in [0, 0.1) is 0 Å². The Labute approximate surface area is 66.6 Å². The normalized spacial score (nSPS) is 48.0. The molecule has 1 aliphatic heterocycles. The molecule has 1 saturated heterocycles. The summed E-state index contributed by atoms with van der Waals surface area (Å²) < 4.78 is 4.90. The van der Waals surface area contributed by atoms with Crippen molar-refractivity contribution in [2.45, 2.75) is 23.3 Å². The van der Waals surface area contributed by atoms with Gasteiger partial charge in [-0.15, -0.1) is 0 Å². The van der Waals surface area contributed by atoms with Crippen molar-refractivity contribution in [2.75, 3.05) is 6.61 Å². The zero-order valence-electron chi connectivity index (χ0n) is 5.14. The van der Waals surface area contributed by atoms with Gasteiger partial charge in [-0.25, -0.2) is 0 Å². The predicted molar refractivity (Wildman–Crippen MR) is 36.7 cm³/mol. The van der Waals surface area contributed by atoms with Crippen LogP contribution in [0.2, 0.25) is 0 Å². The summed E-state index contributed by atoms with van der Waals surface area (Å²) in [6.07, 6.45) is -2.61. The minimum Gasteiger partial charge on any atom is -0.394 e. The minimum absolute atomic E-state index is 0.277. The van der Waals surface area contributed by atoms with Gasteiger partial charge in [-0.2, -0.15) is 0 Å². The summed E-state index contributed by atoms with van der Waals surface area (Å²) in [4.78, 5) is 0. The second kappa shape index (κ2) is 3.15. The average Bonchev–Trinajstić information content (AvgIpc) is 2.17. The number of rotatable bonds is 1. The van der Waals surface area contributed by atoms with E-state index in [0.717, 1.165) is 0 Å². The molecular formula is C5H9BrO4. The summed E-state index contributed by atoms with van der Waals surface area (Å²) >= 11 is 2.98. The van der Waals surface area contributed by atoms with E-state index in [9.17, 15) is 0 Å². The second-order valence-electron chi connectivity index (χ2n) is 2.19. The van der Waals surface area contributed by atoms with Gasteiger partial charge < -0.3 is 20.1 Å². The van der Waals surface area contributed by atoms with Crippen LogP contribution in [0.4, 0.5) is 0 Å². The Morgan fingerprint density at radius 3 is 2.10 bits per heavy atom. The Kier molecular flexibility index (Phi) is 2.65. The van der Waals surface area contributed by atoms with E-state index in [1.54, 1.807) is 0 Å². The maximum absolute atomic E-state index is 9.06. The molecule has 0 unspecified atom stereocenters. The molecule has 1 fully saturated rings. The van der Waals surface area contributed by atoms with Gasteiger partial charge in [-0.3, -0.25) is 0 Å². The molecule has 10 heavy (non-hydrogen) atoms. The van der Waals surface area contributed by atoms with Gasteiger partial charge in [0.1, 0.15) is 23.3 Å². The van der Waals surface area contributed by atoms with Crippen LogP contribution in [-0.4, -0.2) is 45.3 Å². The molecule has 0 spiro atoms. The third kappa shape index (κ3) is 1.33. The van der Waals surface area contributed by atoms with Crippen molar-refractivity contribution in [1.82, 2.24) is 0 Å². The smallest absolute Gasteiger partial charge is 0.141 e. The van der Waals surface area contributed by atoms with Crippen LogP contribution in [0.25, 0.3) is 0 Å². The fraction of sp³-hybridized carbons (Fsp3) is 1.00. The number of alkyl halides is 1. The summed E-state index contributed by atoms with van der Waals surface area (Å²) in [7, 11) is 0. The zero-order chi connectivity index (χ0) is 7.72. The summed E-state index contributed by atoms with van der Waals surface area (Å²) in [5.41, 5.74) is 0. The molecule has 0 aliphatic carbocycles. The average molecular weight is 213 g/mol. The highest BCUT2D eigenvalue weighted by Crippen LogP contribution is 2.24. The third-order valence-corrected chi connectivity index (χ3v) is 2.24. The standard InChI is InChI=1S/C5H9BrO4/c6-5-4(9)3(8)2(1-7)10-5/h2-5,7-9H,1H2/t2-,3-,4+,5+/m0/s1. The molecule has 4 atom stereocenters. The Balaban J connectivity index is 2.53. The number of hydrogen-bond acceptors (Lipinski definition) is 4. The molecule has 3 N–H and O–H groups in total. The highest BCUT2D eigenvalue weighted by molar-refractivity contribution is 9.09. The Morgan fingerprint density at radius 2 is 1.90 bits per heavy atom. The number of aliphatic hydroxyl groups is 3. The Hall–Kier alpha value is 0.320. The summed E-state index contributed by atoms with van der Waals surface area (Å²) in [5.74, 6) is 0. The second-order valence-corrected chi connectivity index (χ2v) is 3.09. The molecule has 0 saturated carbocycles. The molecule has 0 amide bonds. The first-order valence-corrected chi connectivity index (χ1v) is 3.85. The quantitative estimate of drug-likeness (QED) is 0.479. The minimum atomic E-state index is -0.991. The maximum Gasteiger partial charge on any atom is 0.141 e. The maximum atomic E-state index is 9.06. The lowest BCUT2D eigenvalue weighted by Gasteiger charge is -2.09. The van der Waals surface area contributed by atoms with Crippen molar-refractivity contribution in [3.05, 3.63) is 0 Å². The fourth-order valence-corrected chi connectivity index (χ4v) is 1.44. The van der Waals surface area contributed by atoms with E-state index in [1.807, 2.05) is 0 Å². The fourth-order valence-electron chi connectivity index (χ4n) is 0.854. The molecule has 0 radical (unpaired) electrons. The van der Waals surface area contributed by atoms with Crippen molar-refractivity contribution in [1.29, 1.82) is 0 Å². The monoisotopic (exact) mass is 212 g/mol. The van der Waals surface area contributed by atoms with Gasteiger partial charge in [-0.05, 0) is 0 Å². The zero-order valence-corrected chi connectivity index (χ0v) is 6.73. The van der Waals surface area contributed by atoms with E-state index >= 15 is 0 Å². The summed E-state index contributed by atoms with van der Waals surface area (Å²) in [6, 6.07) is 0. The van der Waals surface area contributed by atoms with Gasteiger partial charge in [0.15, 0.2) is 0 Å². The summed E-state index contributed by atoms with van der Waals surface area (Å²) in [6.45, 7) is -0.277. The van der Waals surface area contributed by atoms with Gasteiger partial charge in [0.25, 0.3) is 0 Å². The SMILES string of the molecule is OC[C@@H]1O[C@@H](Br)[C@H](O)[C@H]1O. The number of aliphatic hydroxyl groups excluding tert-OH is 3. The van der Waals surface area contributed by atoms with Crippen molar-refractivity contribution >= 4 is 15.9 Å². The lowest BCUT2D eigenvalue weighted by molar-refractivity contribution is -0.00760. The number of hydrogen-bond donors (Lipinski definition) is 3. The lowest BCUT2D eigenvalue weighted by atomic mass is 10.2. The molecule has 0 bridgehead atoms. The highest BCUT2D eigenvalue weighted by atomic mass is 79.9. The molecule has 1 aliphatic rings. The summed E-state index contributed by atoms with van der Waals surface area (Å²) in [5, 5.41) is 26.1. The number of halogens is 1. The van der Waals surface area contributed by atoms with E-state index in [-0.39, 0.29) is 6.61 Å². The van der Waals surface area contributed by atoms with E-state index in [0.29, 0.717) is 0 Å². The van der Waals surface area contributed by atoms with E-state index in [4.69, 9.17) is 20.1 Å². The van der Waals surface area contributed by atoms with Crippen LogP contribution < -0.4 is 0 Å². The molecule has 60 valence electrons. The van der Waals surface area contributed by atoms with E-state index < -0.39 is 23.3 Å². The topological polar surface area (TPSA) is 69.9 Å². The highest BCUT2D eigenvalue weighted by Gasteiger charge is 2.40. The molecule has 0 aromatic rings. The van der Waals surface area contributed by atoms with Crippen LogP contribution in [0.3, 0.4) is 0 Å². The van der Waals surface area contributed by atoms with E-state index in [2.05, 4.69) is 15.9 Å². The number of ether oxygens (including phenoxy) is 1. The molecule has 4 nitrogen and oxygen atoms in total. The van der Waals surface area contributed by atoms with Crippen molar-refractivity contribution in [3.63, 3.8) is 0 Å². The predicted octanol–water partition coefficient (Wildman–Crippen LogP) is -1.18. The first-order chi connectivity index (χ1) is 4.66. The van der Waals surface area contributed by atoms with Crippen LogP contribution in [0.15, 0.2) is 0 Å². The Morgan fingerprint density at radius 1 is 1.30 bits per heavy atom. The van der Waals surface area contributed by atoms with Gasteiger partial charge in [0, 0.05) is 0 Å². The molecule has 1 rings (SSSR count). The van der Waals surface area contributed by atoms with Crippen molar-refractivity contribution in [2.24, 2.45) is 0 Å². The molecule has 0 aromatic carbocycles. The first kappa shape index (κ1) is 8.42. The van der Waals surface area contributed by atoms with Gasteiger partial charge in [-0.1, -0.05) is 15.9 Å². The molecular weight excluding hydrogens is 204 g/mol. The van der Waals surface area contributed by atoms with Crippen LogP contribution in [-0.2, 0) is 4.74 Å². The van der Waals surface area contributed by atoms with E-state index in [1.165, 1.54) is 0 Å². The largest absolute Gasteiger partial charge is 0.394 e.